The zero-order valence-corrected chi connectivity index (χ0v) is 11.8. The molecule has 0 unspecified atom stereocenters. The summed E-state index contributed by atoms with van der Waals surface area (Å²) >= 11 is 5.81. The Bertz CT molecular complexity index is 750. The van der Waals surface area contributed by atoms with Crippen LogP contribution in [0.1, 0.15) is 10.5 Å². The first-order valence-corrected chi connectivity index (χ1v) is 7.60. The van der Waals surface area contributed by atoms with Gasteiger partial charge >= 0.3 is 0 Å². The lowest BCUT2D eigenvalue weighted by Crippen LogP contribution is -2.17. The van der Waals surface area contributed by atoms with E-state index in [0.717, 1.165) is 12.5 Å². The number of nitrogens with one attached hydrogen (secondary N) is 1. The summed E-state index contributed by atoms with van der Waals surface area (Å²) in [6, 6.07) is 4.95. The van der Waals surface area contributed by atoms with Crippen molar-refractivity contribution in [2.45, 2.75) is 5.16 Å². The number of hydrogen-bond donors (Lipinski definition) is 1. The van der Waals surface area contributed by atoms with E-state index >= 15 is 0 Å². The molecule has 2 aromatic rings. The summed E-state index contributed by atoms with van der Waals surface area (Å²) < 4.78 is 22.7. The minimum atomic E-state index is -3.62. The molecule has 0 aromatic carbocycles. The van der Waals surface area contributed by atoms with Crippen molar-refractivity contribution in [2.75, 3.05) is 11.6 Å². The van der Waals surface area contributed by atoms with Gasteiger partial charge in [-0.3, -0.25) is 4.79 Å². The lowest BCUT2D eigenvalue weighted by atomic mass is 10.3. The molecule has 1 amide bonds. The van der Waals surface area contributed by atoms with E-state index in [2.05, 4.69) is 20.3 Å². The maximum Gasteiger partial charge on any atom is 0.277 e. The van der Waals surface area contributed by atoms with Crippen molar-refractivity contribution in [3.63, 3.8) is 0 Å². The van der Waals surface area contributed by atoms with Crippen LogP contribution in [0.25, 0.3) is 0 Å². The number of amides is 1. The van der Waals surface area contributed by atoms with Crippen molar-refractivity contribution < 1.29 is 13.2 Å². The quantitative estimate of drug-likeness (QED) is 0.854. The van der Waals surface area contributed by atoms with Crippen LogP contribution in [0.2, 0.25) is 5.02 Å². The molecule has 0 aliphatic carbocycles. The highest BCUT2D eigenvalue weighted by Gasteiger charge is 2.19. The molecule has 0 bridgehead atoms. The lowest BCUT2D eigenvalue weighted by Gasteiger charge is -2.06. The second-order valence-electron chi connectivity index (χ2n) is 3.79. The van der Waals surface area contributed by atoms with E-state index in [-0.39, 0.29) is 10.7 Å². The molecule has 20 heavy (non-hydrogen) atoms. The number of halogens is 1. The molecule has 2 rings (SSSR count). The summed E-state index contributed by atoms with van der Waals surface area (Å²) in [7, 11) is -3.62. The highest BCUT2D eigenvalue weighted by atomic mass is 35.5. The second-order valence-corrected chi connectivity index (χ2v) is 6.11. The number of pyridine rings is 1. The molecule has 0 saturated carbocycles. The fraction of sp³-hybridized carbons (Fsp3) is 0.0909. The maximum atomic E-state index is 12.0. The van der Waals surface area contributed by atoms with Crippen LogP contribution in [0.5, 0.6) is 0 Å². The second kappa shape index (κ2) is 5.51. The van der Waals surface area contributed by atoms with Crippen molar-refractivity contribution in [3.8, 4) is 0 Å². The van der Waals surface area contributed by atoms with Gasteiger partial charge in [-0.2, -0.15) is 0 Å². The van der Waals surface area contributed by atoms with Gasteiger partial charge in [0.25, 0.3) is 5.91 Å². The molecule has 0 spiro atoms. The van der Waals surface area contributed by atoms with Crippen molar-refractivity contribution in [3.05, 3.63) is 41.3 Å². The van der Waals surface area contributed by atoms with Crippen LogP contribution in [-0.2, 0) is 9.84 Å². The smallest absolute Gasteiger partial charge is 0.277 e. The van der Waals surface area contributed by atoms with Crippen LogP contribution in [-0.4, -0.2) is 35.5 Å². The third-order valence-corrected chi connectivity index (χ3v) is 3.31. The predicted octanol–water partition coefficient (Wildman–Crippen LogP) is 1.18. The Morgan fingerprint density at radius 2 is 2.05 bits per heavy atom. The van der Waals surface area contributed by atoms with Gasteiger partial charge in [-0.15, -0.1) is 0 Å². The van der Waals surface area contributed by atoms with Gasteiger partial charge in [0.1, 0.15) is 5.82 Å². The van der Waals surface area contributed by atoms with Gasteiger partial charge in [0, 0.05) is 12.5 Å². The molecule has 1 N–H and O–H groups in total. The Labute approximate surface area is 120 Å². The van der Waals surface area contributed by atoms with E-state index in [1.807, 2.05) is 0 Å². The van der Waals surface area contributed by atoms with Gasteiger partial charge in [0.15, 0.2) is 5.69 Å². The van der Waals surface area contributed by atoms with E-state index in [9.17, 15) is 13.2 Å². The van der Waals surface area contributed by atoms with Gasteiger partial charge in [0.2, 0.25) is 15.0 Å². The number of hydrogen-bond acceptors (Lipinski definition) is 6. The number of carbonyl (C=O) groups excluding carboxylic acids is 1. The number of carbonyl (C=O) groups is 1. The molecular weight excluding hydrogens is 304 g/mol. The van der Waals surface area contributed by atoms with E-state index in [1.54, 1.807) is 18.2 Å². The summed E-state index contributed by atoms with van der Waals surface area (Å²) in [6.07, 6.45) is 3.51. The zero-order chi connectivity index (χ0) is 14.8. The molecule has 104 valence electrons. The van der Waals surface area contributed by atoms with Crippen LogP contribution < -0.4 is 5.32 Å². The first-order chi connectivity index (χ1) is 9.38. The first-order valence-electron chi connectivity index (χ1n) is 5.33. The fourth-order valence-electron chi connectivity index (χ4n) is 1.30. The van der Waals surface area contributed by atoms with Crippen molar-refractivity contribution in [2.24, 2.45) is 0 Å². The van der Waals surface area contributed by atoms with Gasteiger partial charge in [0.05, 0.1) is 11.2 Å². The summed E-state index contributed by atoms with van der Waals surface area (Å²) in [5, 5.41) is 1.94. The van der Waals surface area contributed by atoms with Gasteiger partial charge < -0.3 is 5.32 Å². The molecule has 9 heteroatoms. The van der Waals surface area contributed by atoms with Crippen LogP contribution in [0.3, 0.4) is 0 Å². The highest BCUT2D eigenvalue weighted by Crippen LogP contribution is 2.15. The minimum Gasteiger partial charge on any atom is -0.305 e. The van der Waals surface area contributed by atoms with Gasteiger partial charge in [-0.1, -0.05) is 17.7 Å². The van der Waals surface area contributed by atoms with E-state index in [1.165, 1.54) is 6.20 Å². The number of aromatic nitrogens is 3. The molecule has 0 radical (unpaired) electrons. The van der Waals surface area contributed by atoms with Crippen molar-refractivity contribution in [1.29, 1.82) is 0 Å². The Kier molecular flexibility index (Phi) is 3.96. The number of nitrogens with zero attached hydrogens (tertiary/aromatic N) is 3. The molecule has 0 atom stereocenters. The van der Waals surface area contributed by atoms with Gasteiger partial charge in [-0.05, 0) is 12.1 Å². The van der Waals surface area contributed by atoms with Crippen LogP contribution in [0, 0.1) is 0 Å². The van der Waals surface area contributed by atoms with E-state index < -0.39 is 20.9 Å². The van der Waals surface area contributed by atoms with Crippen molar-refractivity contribution in [1.82, 2.24) is 15.0 Å². The molecule has 2 aromatic heterocycles. The summed E-state index contributed by atoms with van der Waals surface area (Å²) in [5.41, 5.74) is -0.229. The normalized spacial score (nSPS) is 11.1. The van der Waals surface area contributed by atoms with E-state index in [4.69, 9.17) is 11.6 Å². The van der Waals surface area contributed by atoms with Gasteiger partial charge in [-0.25, -0.2) is 23.4 Å². The molecule has 0 saturated heterocycles. The minimum absolute atomic E-state index is 0.0502. The van der Waals surface area contributed by atoms with Crippen LogP contribution in [0.4, 0.5) is 5.82 Å². The van der Waals surface area contributed by atoms with E-state index in [0.29, 0.717) is 5.82 Å². The molecule has 7 nitrogen and oxygen atoms in total. The Morgan fingerprint density at radius 3 is 2.65 bits per heavy atom. The molecule has 0 aliphatic heterocycles. The third kappa shape index (κ3) is 3.28. The zero-order valence-electron chi connectivity index (χ0n) is 10.2. The number of rotatable bonds is 3. The van der Waals surface area contributed by atoms with Crippen LogP contribution in [0.15, 0.2) is 35.7 Å². The average Bonchev–Trinajstić information content (AvgIpc) is 2.39. The Balaban J connectivity index is 2.35. The SMILES string of the molecule is CS(=O)(=O)c1ncc(Cl)c(C(=O)Nc2ccccn2)n1. The lowest BCUT2D eigenvalue weighted by molar-refractivity contribution is 0.102. The highest BCUT2D eigenvalue weighted by molar-refractivity contribution is 7.90. The fourth-order valence-corrected chi connectivity index (χ4v) is 1.98. The average molecular weight is 313 g/mol. The first kappa shape index (κ1) is 14.4. The third-order valence-electron chi connectivity index (χ3n) is 2.18. The maximum absolute atomic E-state index is 12.0. The number of sulfone groups is 1. The largest absolute Gasteiger partial charge is 0.305 e. The van der Waals surface area contributed by atoms with Crippen LogP contribution >= 0.6 is 11.6 Å². The topological polar surface area (TPSA) is 102 Å². The summed E-state index contributed by atoms with van der Waals surface area (Å²) in [6.45, 7) is 0. The molecule has 0 fully saturated rings. The molecule has 2 heterocycles. The Morgan fingerprint density at radius 1 is 1.30 bits per heavy atom. The number of anilines is 1. The summed E-state index contributed by atoms with van der Waals surface area (Å²) in [5.74, 6) is -0.367. The van der Waals surface area contributed by atoms with Crippen molar-refractivity contribution >= 4 is 33.2 Å². The Hall–Kier alpha value is -2.06. The monoisotopic (exact) mass is 312 g/mol. The predicted molar refractivity (Wildman–Crippen MR) is 72.3 cm³/mol. The standard InChI is InChI=1S/C11H9ClN4O3S/c1-20(18,19)11-14-6-7(12)9(16-11)10(17)15-8-4-2-3-5-13-8/h2-6H,1H3,(H,13,15,17). The molecular formula is C11H9ClN4O3S. The molecule has 0 aliphatic rings. The summed E-state index contributed by atoms with van der Waals surface area (Å²) in [4.78, 5) is 23.1.